The molecule has 0 aromatic rings. The first kappa shape index (κ1) is 14.8. The van der Waals surface area contributed by atoms with Gasteiger partial charge in [-0.25, -0.2) is 0 Å². The Morgan fingerprint density at radius 1 is 1.00 bits per heavy atom. The van der Waals surface area contributed by atoms with Gasteiger partial charge in [-0.15, -0.1) is 0 Å². The molecular weight excluding hydrogens is 230 g/mol. The highest BCUT2D eigenvalue weighted by Gasteiger charge is 2.25. The third-order valence-electron chi connectivity index (χ3n) is 4.64. The highest BCUT2D eigenvalue weighted by atomic mass is 15.1. The van der Waals surface area contributed by atoms with E-state index in [0.717, 1.165) is 6.04 Å². The fourth-order valence-electron chi connectivity index (χ4n) is 3.57. The topological polar surface area (TPSA) is 3.24 Å². The first-order valence-corrected chi connectivity index (χ1v) is 8.47. The molecule has 2 rings (SSSR count). The van der Waals surface area contributed by atoms with E-state index in [1.54, 1.807) is 11.1 Å². The molecule has 1 heteroatoms. The van der Waals surface area contributed by atoms with E-state index in [9.17, 15) is 0 Å². The summed E-state index contributed by atoms with van der Waals surface area (Å²) in [5, 5.41) is 0. The van der Waals surface area contributed by atoms with Crippen LogP contribution in [0.3, 0.4) is 0 Å². The van der Waals surface area contributed by atoms with Crippen LogP contribution in [0.2, 0.25) is 0 Å². The van der Waals surface area contributed by atoms with Crippen LogP contribution in [-0.2, 0) is 0 Å². The lowest BCUT2D eigenvalue weighted by Gasteiger charge is -2.37. The lowest BCUT2D eigenvalue weighted by atomic mass is 9.82. The maximum Gasteiger partial charge on any atom is 0.0139 e. The van der Waals surface area contributed by atoms with E-state index in [2.05, 4.69) is 30.9 Å². The molecule has 0 aliphatic heterocycles. The van der Waals surface area contributed by atoms with Crippen molar-refractivity contribution in [2.45, 2.75) is 77.7 Å². The molecule has 1 nitrogen and oxygen atoms in total. The Hall–Kier alpha value is -0.560. The summed E-state index contributed by atoms with van der Waals surface area (Å²) in [6, 6.07) is 0.818. The van der Waals surface area contributed by atoms with Gasteiger partial charge < -0.3 is 4.90 Å². The number of fused-ring (bicyclic) bond motifs is 1. The van der Waals surface area contributed by atoms with Crippen LogP contribution in [0.4, 0.5) is 0 Å². The molecule has 2 aliphatic carbocycles. The van der Waals surface area contributed by atoms with E-state index >= 15 is 0 Å². The molecule has 0 aromatic carbocycles. The van der Waals surface area contributed by atoms with Crippen LogP contribution >= 0.6 is 0 Å². The Labute approximate surface area is 119 Å². The minimum absolute atomic E-state index is 0.818. The summed E-state index contributed by atoms with van der Waals surface area (Å²) in [6.07, 6.45) is 17.0. The predicted octanol–water partition coefficient (Wildman–Crippen LogP) is 5.09. The third kappa shape index (κ3) is 4.21. The number of rotatable bonds is 7. The average molecular weight is 261 g/mol. The summed E-state index contributed by atoms with van der Waals surface area (Å²) in [6.45, 7) is 7.23. The van der Waals surface area contributed by atoms with Gasteiger partial charge in [0, 0.05) is 6.04 Å². The van der Waals surface area contributed by atoms with Gasteiger partial charge in [0.1, 0.15) is 0 Å². The maximum atomic E-state index is 2.78. The second-order valence-corrected chi connectivity index (χ2v) is 6.18. The largest absolute Gasteiger partial charge is 0.300 e. The van der Waals surface area contributed by atoms with Crippen LogP contribution in [0.15, 0.2) is 23.3 Å². The molecule has 19 heavy (non-hydrogen) atoms. The van der Waals surface area contributed by atoms with E-state index in [0.29, 0.717) is 0 Å². The van der Waals surface area contributed by atoms with Crippen molar-refractivity contribution in [3.05, 3.63) is 23.3 Å². The lowest BCUT2D eigenvalue weighted by Crippen LogP contribution is -2.39. The van der Waals surface area contributed by atoms with Gasteiger partial charge in [0.25, 0.3) is 0 Å². The van der Waals surface area contributed by atoms with Gasteiger partial charge in [0.15, 0.2) is 0 Å². The molecule has 0 saturated heterocycles. The van der Waals surface area contributed by atoms with Crippen molar-refractivity contribution < 1.29 is 0 Å². The fraction of sp³-hybridized carbons (Fsp3) is 0.778. The molecular formula is C18H31N. The Balaban J connectivity index is 1.90. The van der Waals surface area contributed by atoms with E-state index in [-0.39, 0.29) is 0 Å². The summed E-state index contributed by atoms with van der Waals surface area (Å²) in [4.78, 5) is 2.78. The minimum Gasteiger partial charge on any atom is -0.300 e. The Bertz CT molecular complexity index is 327. The second-order valence-electron chi connectivity index (χ2n) is 6.18. The van der Waals surface area contributed by atoms with Gasteiger partial charge in [-0.1, -0.05) is 38.8 Å². The highest BCUT2D eigenvalue weighted by molar-refractivity contribution is 5.36. The van der Waals surface area contributed by atoms with Crippen molar-refractivity contribution >= 4 is 0 Å². The third-order valence-corrected chi connectivity index (χ3v) is 4.64. The van der Waals surface area contributed by atoms with E-state index in [4.69, 9.17) is 0 Å². The smallest absolute Gasteiger partial charge is 0.0139 e. The molecule has 1 fully saturated rings. The van der Waals surface area contributed by atoms with Crippen molar-refractivity contribution in [2.24, 2.45) is 0 Å². The fourth-order valence-corrected chi connectivity index (χ4v) is 3.57. The second kappa shape index (κ2) is 7.89. The molecule has 1 saturated carbocycles. The summed E-state index contributed by atoms with van der Waals surface area (Å²) in [7, 11) is 0. The van der Waals surface area contributed by atoms with Gasteiger partial charge in [-0.2, -0.15) is 0 Å². The molecule has 108 valence electrons. The molecule has 0 radical (unpaired) electrons. The van der Waals surface area contributed by atoms with Crippen molar-refractivity contribution in [1.82, 2.24) is 4.90 Å². The Kier molecular flexibility index (Phi) is 6.16. The van der Waals surface area contributed by atoms with E-state index < -0.39 is 0 Å². The van der Waals surface area contributed by atoms with Crippen LogP contribution in [0.1, 0.15) is 71.6 Å². The first-order valence-electron chi connectivity index (χ1n) is 8.47. The zero-order valence-electron chi connectivity index (χ0n) is 13.0. The molecule has 1 unspecified atom stereocenters. The van der Waals surface area contributed by atoms with E-state index in [1.807, 2.05) is 0 Å². The number of unbranched alkanes of at least 4 members (excludes halogenated alkanes) is 2. The summed E-state index contributed by atoms with van der Waals surface area (Å²) >= 11 is 0. The quantitative estimate of drug-likeness (QED) is 0.577. The van der Waals surface area contributed by atoms with Crippen molar-refractivity contribution in [1.29, 1.82) is 0 Å². The normalized spacial score (nSPS) is 23.0. The van der Waals surface area contributed by atoms with Crippen LogP contribution < -0.4 is 0 Å². The highest BCUT2D eigenvalue weighted by Crippen LogP contribution is 2.34. The van der Waals surface area contributed by atoms with Crippen LogP contribution in [-0.4, -0.2) is 24.0 Å². The summed E-state index contributed by atoms with van der Waals surface area (Å²) in [5.74, 6) is 0. The number of nitrogens with zero attached hydrogens (tertiary/aromatic N) is 1. The molecule has 0 bridgehead atoms. The van der Waals surface area contributed by atoms with Gasteiger partial charge in [-0.05, 0) is 69.2 Å². The summed E-state index contributed by atoms with van der Waals surface area (Å²) < 4.78 is 0. The predicted molar refractivity (Wildman–Crippen MR) is 84.4 cm³/mol. The monoisotopic (exact) mass is 261 g/mol. The standard InChI is InChI=1S/C18H31N/c1-3-5-8-14-19(13-4-2)18-12-11-16-9-6-7-10-17(16)15-18/h9-10,18H,3-8,11-15H2,1-2H3. The SMILES string of the molecule is CCCCCN(CCC)C1CCC2=CCCC=C2C1. The molecule has 0 heterocycles. The molecule has 0 aromatic heterocycles. The average Bonchev–Trinajstić information content (AvgIpc) is 2.46. The Morgan fingerprint density at radius 2 is 1.79 bits per heavy atom. The molecule has 0 amide bonds. The lowest BCUT2D eigenvalue weighted by molar-refractivity contribution is 0.175. The molecule has 1 atom stereocenters. The van der Waals surface area contributed by atoms with Gasteiger partial charge >= 0.3 is 0 Å². The molecule has 2 aliphatic rings. The van der Waals surface area contributed by atoms with E-state index in [1.165, 1.54) is 70.9 Å². The number of hydrogen-bond acceptors (Lipinski definition) is 1. The molecule has 0 N–H and O–H groups in total. The van der Waals surface area contributed by atoms with Gasteiger partial charge in [-0.3, -0.25) is 0 Å². The minimum atomic E-state index is 0.818. The van der Waals surface area contributed by atoms with Gasteiger partial charge in [0.05, 0.1) is 0 Å². The van der Waals surface area contributed by atoms with Crippen LogP contribution in [0, 0.1) is 0 Å². The van der Waals surface area contributed by atoms with Crippen molar-refractivity contribution in [3.8, 4) is 0 Å². The first-order chi connectivity index (χ1) is 9.35. The Morgan fingerprint density at radius 3 is 2.53 bits per heavy atom. The maximum absolute atomic E-state index is 2.78. The van der Waals surface area contributed by atoms with Crippen molar-refractivity contribution in [3.63, 3.8) is 0 Å². The zero-order chi connectivity index (χ0) is 13.5. The van der Waals surface area contributed by atoms with Crippen LogP contribution in [0.5, 0.6) is 0 Å². The van der Waals surface area contributed by atoms with Crippen molar-refractivity contribution in [2.75, 3.05) is 13.1 Å². The number of hydrogen-bond donors (Lipinski definition) is 0. The van der Waals surface area contributed by atoms with Crippen LogP contribution in [0.25, 0.3) is 0 Å². The number of allylic oxidation sites excluding steroid dienone is 3. The van der Waals surface area contributed by atoms with Gasteiger partial charge in [0.2, 0.25) is 0 Å². The molecule has 0 spiro atoms. The zero-order valence-corrected chi connectivity index (χ0v) is 13.0. The summed E-state index contributed by atoms with van der Waals surface area (Å²) in [5.41, 5.74) is 3.35.